The molecule has 124 valence electrons. The molecule has 1 aliphatic rings. The van der Waals surface area contributed by atoms with Gasteiger partial charge in [-0.05, 0) is 18.1 Å². The van der Waals surface area contributed by atoms with Crippen molar-refractivity contribution in [1.82, 2.24) is 15.1 Å². The van der Waals surface area contributed by atoms with Gasteiger partial charge in [-0.15, -0.1) is 6.58 Å². The van der Waals surface area contributed by atoms with Crippen molar-refractivity contribution in [3.63, 3.8) is 0 Å². The number of hydrogen-bond acceptors (Lipinski definition) is 3. The van der Waals surface area contributed by atoms with Gasteiger partial charge in [-0.3, -0.25) is 14.5 Å². The fraction of sp³-hybridized carbons (Fsp3) is 0.444. The number of piperazine rings is 1. The minimum absolute atomic E-state index is 0.00425. The molecule has 1 aromatic rings. The summed E-state index contributed by atoms with van der Waals surface area (Å²) >= 11 is 0. The number of nitrogens with one attached hydrogen (secondary N) is 1. The van der Waals surface area contributed by atoms with Crippen LogP contribution >= 0.6 is 0 Å². The molecule has 5 nitrogen and oxygen atoms in total. The molecule has 0 radical (unpaired) electrons. The fourth-order valence-corrected chi connectivity index (χ4v) is 2.68. The Morgan fingerprint density at radius 1 is 1.22 bits per heavy atom. The molecule has 1 fully saturated rings. The van der Waals surface area contributed by atoms with Gasteiger partial charge in [0.25, 0.3) is 0 Å². The van der Waals surface area contributed by atoms with E-state index in [1.54, 1.807) is 6.08 Å². The van der Waals surface area contributed by atoms with E-state index in [4.69, 9.17) is 0 Å². The summed E-state index contributed by atoms with van der Waals surface area (Å²) in [5, 5.41) is 2.77. The Hall–Kier alpha value is -2.14. The first kappa shape index (κ1) is 17.2. The van der Waals surface area contributed by atoms with Crippen molar-refractivity contribution in [2.45, 2.75) is 13.3 Å². The van der Waals surface area contributed by atoms with E-state index < -0.39 is 0 Å². The summed E-state index contributed by atoms with van der Waals surface area (Å²) in [6.07, 6.45) is 2.12. The largest absolute Gasteiger partial charge is 0.352 e. The van der Waals surface area contributed by atoms with Crippen LogP contribution in [0.5, 0.6) is 0 Å². The fourth-order valence-electron chi connectivity index (χ4n) is 2.68. The Morgan fingerprint density at radius 2 is 1.91 bits per heavy atom. The summed E-state index contributed by atoms with van der Waals surface area (Å²) in [5.74, 6) is 0.166. The number of benzene rings is 1. The van der Waals surface area contributed by atoms with Crippen LogP contribution in [0.2, 0.25) is 0 Å². The highest BCUT2D eigenvalue weighted by Crippen LogP contribution is 2.11. The molecule has 0 spiro atoms. The van der Waals surface area contributed by atoms with E-state index in [1.807, 2.05) is 36.1 Å². The van der Waals surface area contributed by atoms with Gasteiger partial charge in [0.1, 0.15) is 0 Å². The van der Waals surface area contributed by atoms with Crippen molar-refractivity contribution >= 4 is 11.8 Å². The minimum Gasteiger partial charge on any atom is -0.352 e. The van der Waals surface area contributed by atoms with Crippen molar-refractivity contribution in [3.8, 4) is 0 Å². The lowest BCUT2D eigenvalue weighted by Gasteiger charge is -2.34. The monoisotopic (exact) mass is 315 g/mol. The number of carbonyl (C=O) groups excluding carboxylic acids is 2. The third kappa shape index (κ3) is 5.21. The van der Waals surface area contributed by atoms with E-state index in [0.717, 1.165) is 24.2 Å². The van der Waals surface area contributed by atoms with Crippen LogP contribution < -0.4 is 5.32 Å². The van der Waals surface area contributed by atoms with Crippen molar-refractivity contribution in [1.29, 1.82) is 0 Å². The lowest BCUT2D eigenvalue weighted by molar-refractivity contribution is -0.132. The Balaban J connectivity index is 1.77. The molecule has 5 heteroatoms. The molecule has 2 rings (SSSR count). The van der Waals surface area contributed by atoms with Gasteiger partial charge >= 0.3 is 0 Å². The molecule has 0 atom stereocenters. The Morgan fingerprint density at radius 3 is 2.57 bits per heavy atom. The molecule has 1 N–H and O–H groups in total. The number of carbonyl (C=O) groups is 2. The summed E-state index contributed by atoms with van der Waals surface area (Å²) in [6.45, 7) is 9.32. The van der Waals surface area contributed by atoms with Gasteiger partial charge in [0.15, 0.2) is 0 Å². The predicted molar refractivity (Wildman–Crippen MR) is 91.1 cm³/mol. The second-order valence-corrected chi connectivity index (χ2v) is 5.85. The molecule has 0 aromatic heterocycles. The van der Waals surface area contributed by atoms with E-state index in [9.17, 15) is 9.59 Å². The maximum absolute atomic E-state index is 12.4. The third-order valence-electron chi connectivity index (χ3n) is 4.14. The number of hydrogen-bond donors (Lipinski definition) is 1. The first-order chi connectivity index (χ1) is 11.1. The van der Waals surface area contributed by atoms with E-state index >= 15 is 0 Å². The summed E-state index contributed by atoms with van der Waals surface area (Å²) in [6, 6.07) is 7.99. The number of nitrogens with zero attached hydrogens (tertiary/aromatic N) is 2. The van der Waals surface area contributed by atoms with Crippen LogP contribution in [0, 0.1) is 6.92 Å². The van der Waals surface area contributed by atoms with Crippen LogP contribution in [0.1, 0.15) is 11.1 Å². The molecule has 0 aliphatic carbocycles. The molecule has 0 bridgehead atoms. The number of amides is 2. The lowest BCUT2D eigenvalue weighted by atomic mass is 10.1. The van der Waals surface area contributed by atoms with Gasteiger partial charge in [-0.25, -0.2) is 0 Å². The van der Waals surface area contributed by atoms with Gasteiger partial charge in [0.05, 0.1) is 13.0 Å². The van der Waals surface area contributed by atoms with Crippen LogP contribution in [0.15, 0.2) is 36.9 Å². The van der Waals surface area contributed by atoms with Gasteiger partial charge < -0.3 is 10.2 Å². The average Bonchev–Trinajstić information content (AvgIpc) is 2.55. The molecule has 23 heavy (non-hydrogen) atoms. The molecular weight excluding hydrogens is 290 g/mol. The Bertz CT molecular complexity index is 563. The number of aryl methyl sites for hydroxylation is 1. The van der Waals surface area contributed by atoms with E-state index in [2.05, 4.69) is 16.8 Å². The molecule has 1 saturated heterocycles. The van der Waals surface area contributed by atoms with E-state index in [0.29, 0.717) is 32.6 Å². The summed E-state index contributed by atoms with van der Waals surface area (Å²) in [5.41, 5.74) is 2.24. The highest BCUT2D eigenvalue weighted by Gasteiger charge is 2.22. The first-order valence-electron chi connectivity index (χ1n) is 8.02. The zero-order chi connectivity index (χ0) is 16.7. The highest BCUT2D eigenvalue weighted by atomic mass is 16.2. The van der Waals surface area contributed by atoms with Crippen LogP contribution in [0.4, 0.5) is 0 Å². The lowest BCUT2D eigenvalue weighted by Crippen LogP contribution is -2.51. The summed E-state index contributed by atoms with van der Waals surface area (Å²) in [4.78, 5) is 28.1. The zero-order valence-electron chi connectivity index (χ0n) is 13.8. The SMILES string of the molecule is C=CCNC(=O)CN1CCN(C(=O)Cc2ccccc2C)CC1. The molecule has 0 saturated carbocycles. The maximum atomic E-state index is 12.4. The first-order valence-corrected chi connectivity index (χ1v) is 8.02. The van der Waals surface area contributed by atoms with E-state index in [-0.39, 0.29) is 11.8 Å². The van der Waals surface area contributed by atoms with Gasteiger partial charge in [0, 0.05) is 32.7 Å². The molecular formula is C18H25N3O2. The predicted octanol–water partition coefficient (Wildman–Crippen LogP) is 0.984. The van der Waals surface area contributed by atoms with Crippen molar-refractivity contribution < 1.29 is 9.59 Å². The third-order valence-corrected chi connectivity index (χ3v) is 4.14. The van der Waals surface area contributed by atoms with E-state index in [1.165, 1.54) is 0 Å². The normalized spacial score (nSPS) is 15.3. The van der Waals surface area contributed by atoms with Gasteiger partial charge in [-0.1, -0.05) is 30.3 Å². The number of rotatable bonds is 6. The average molecular weight is 315 g/mol. The smallest absolute Gasteiger partial charge is 0.234 e. The van der Waals surface area contributed by atoms with Crippen LogP contribution in [0.3, 0.4) is 0 Å². The minimum atomic E-state index is 0.00425. The molecule has 1 heterocycles. The molecule has 2 amide bonds. The zero-order valence-corrected chi connectivity index (χ0v) is 13.8. The Labute approximate surface area is 138 Å². The topological polar surface area (TPSA) is 52.7 Å². The molecule has 1 aromatic carbocycles. The van der Waals surface area contributed by atoms with Gasteiger partial charge in [-0.2, -0.15) is 0 Å². The summed E-state index contributed by atoms with van der Waals surface area (Å²) < 4.78 is 0. The summed E-state index contributed by atoms with van der Waals surface area (Å²) in [7, 11) is 0. The quantitative estimate of drug-likeness (QED) is 0.796. The standard InChI is InChI=1S/C18H25N3O2/c1-3-8-19-17(22)14-20-9-11-21(12-10-20)18(23)13-16-7-5-4-6-15(16)2/h3-7H,1,8-14H2,2H3,(H,19,22). The van der Waals surface area contributed by atoms with Crippen LogP contribution in [-0.2, 0) is 16.0 Å². The Kier molecular flexibility index (Phi) is 6.35. The second-order valence-electron chi connectivity index (χ2n) is 5.85. The van der Waals surface area contributed by atoms with Gasteiger partial charge in [0.2, 0.25) is 11.8 Å². The van der Waals surface area contributed by atoms with Crippen LogP contribution in [0.25, 0.3) is 0 Å². The maximum Gasteiger partial charge on any atom is 0.234 e. The van der Waals surface area contributed by atoms with Crippen LogP contribution in [-0.4, -0.2) is 60.9 Å². The molecule has 0 unspecified atom stereocenters. The van der Waals surface area contributed by atoms with Crippen molar-refractivity contribution in [2.75, 3.05) is 39.3 Å². The highest BCUT2D eigenvalue weighted by molar-refractivity contribution is 5.79. The molecule has 1 aliphatic heterocycles. The second kappa shape index (κ2) is 8.48. The van der Waals surface area contributed by atoms with Crippen molar-refractivity contribution in [2.24, 2.45) is 0 Å². The van der Waals surface area contributed by atoms with Crippen molar-refractivity contribution in [3.05, 3.63) is 48.0 Å².